The molecule has 0 spiro atoms. The molecule has 27 heavy (non-hydrogen) atoms. The minimum atomic E-state index is -0.981. The van der Waals surface area contributed by atoms with Crippen molar-refractivity contribution in [1.82, 2.24) is 14.8 Å². The normalized spacial score (nSPS) is 15.4. The third-order valence-electron chi connectivity index (χ3n) is 4.85. The number of fused-ring (bicyclic) bond motifs is 1. The van der Waals surface area contributed by atoms with Gasteiger partial charge in [0.2, 0.25) is 5.91 Å². The molecule has 8 nitrogen and oxygen atoms in total. The first-order valence-corrected chi connectivity index (χ1v) is 9.20. The molecule has 1 aliphatic rings. The van der Waals surface area contributed by atoms with Crippen LogP contribution in [0.15, 0.2) is 28.7 Å². The second kappa shape index (κ2) is 8.39. The summed E-state index contributed by atoms with van der Waals surface area (Å²) < 4.78 is 5.80. The summed E-state index contributed by atoms with van der Waals surface area (Å²) in [6.45, 7) is 2.14. The van der Waals surface area contributed by atoms with Gasteiger partial charge in [-0.15, -0.1) is 0 Å². The van der Waals surface area contributed by atoms with Gasteiger partial charge in [-0.05, 0) is 39.1 Å². The van der Waals surface area contributed by atoms with E-state index < -0.39 is 5.97 Å². The minimum Gasteiger partial charge on any atom is -0.480 e. The van der Waals surface area contributed by atoms with Crippen molar-refractivity contribution in [2.45, 2.75) is 12.8 Å². The standard InChI is InChI=1S/C19H26N4O4/c1-21(2)11-12-23(13-17(24)25)18(26)14-7-9-22(10-8-14)19-20-15-5-3-4-6-16(15)27-19/h3-6,14H,7-13H2,1-2H3,(H,24,25). The average Bonchev–Trinajstić information content (AvgIpc) is 3.08. The number of carbonyl (C=O) groups excluding carboxylic acids is 1. The Morgan fingerprint density at radius 2 is 1.93 bits per heavy atom. The van der Waals surface area contributed by atoms with Crippen molar-refractivity contribution in [1.29, 1.82) is 0 Å². The van der Waals surface area contributed by atoms with Gasteiger partial charge in [-0.2, -0.15) is 4.98 Å². The number of aromatic nitrogens is 1. The van der Waals surface area contributed by atoms with Crippen LogP contribution in [0.3, 0.4) is 0 Å². The van der Waals surface area contributed by atoms with Crippen LogP contribution in [0, 0.1) is 5.92 Å². The van der Waals surface area contributed by atoms with Crippen molar-refractivity contribution in [3.8, 4) is 0 Å². The fourth-order valence-electron chi connectivity index (χ4n) is 3.32. The molecule has 8 heteroatoms. The molecule has 146 valence electrons. The van der Waals surface area contributed by atoms with Crippen molar-refractivity contribution in [2.24, 2.45) is 5.92 Å². The fraction of sp³-hybridized carbons (Fsp3) is 0.526. The molecule has 1 N–H and O–H groups in total. The van der Waals surface area contributed by atoms with E-state index in [-0.39, 0.29) is 18.4 Å². The summed E-state index contributed by atoms with van der Waals surface area (Å²) in [5, 5.41) is 9.12. The lowest BCUT2D eigenvalue weighted by atomic mass is 9.95. The number of benzene rings is 1. The van der Waals surface area contributed by atoms with Crippen LogP contribution in [0.2, 0.25) is 0 Å². The molecule has 0 saturated carbocycles. The zero-order valence-electron chi connectivity index (χ0n) is 15.8. The maximum atomic E-state index is 12.8. The van der Waals surface area contributed by atoms with E-state index in [1.54, 1.807) is 0 Å². The number of nitrogens with zero attached hydrogens (tertiary/aromatic N) is 4. The van der Waals surface area contributed by atoms with Crippen LogP contribution in [-0.4, -0.2) is 78.6 Å². The van der Waals surface area contributed by atoms with Gasteiger partial charge in [-0.3, -0.25) is 9.59 Å². The number of carboxylic acids is 1. The lowest BCUT2D eigenvalue weighted by molar-refractivity contribution is -0.146. The molecule has 1 amide bonds. The molecule has 0 unspecified atom stereocenters. The topological polar surface area (TPSA) is 90.1 Å². The summed E-state index contributed by atoms with van der Waals surface area (Å²) in [5.74, 6) is -1.21. The third kappa shape index (κ3) is 4.77. The number of rotatable bonds is 7. The van der Waals surface area contributed by atoms with Crippen LogP contribution in [0.5, 0.6) is 0 Å². The number of para-hydroxylation sites is 2. The Hall–Kier alpha value is -2.61. The Labute approximate surface area is 158 Å². The molecule has 1 fully saturated rings. The Morgan fingerprint density at radius 1 is 1.22 bits per heavy atom. The highest BCUT2D eigenvalue weighted by Gasteiger charge is 2.30. The smallest absolute Gasteiger partial charge is 0.323 e. The molecule has 1 aromatic heterocycles. The van der Waals surface area contributed by atoms with E-state index >= 15 is 0 Å². The van der Waals surface area contributed by atoms with Crippen LogP contribution < -0.4 is 4.90 Å². The van der Waals surface area contributed by atoms with Gasteiger partial charge in [0.05, 0.1) is 0 Å². The Balaban J connectivity index is 1.60. The zero-order valence-corrected chi connectivity index (χ0v) is 15.8. The molecule has 0 aliphatic carbocycles. The lowest BCUT2D eigenvalue weighted by Gasteiger charge is -2.33. The van der Waals surface area contributed by atoms with E-state index in [4.69, 9.17) is 9.52 Å². The highest BCUT2D eigenvalue weighted by Crippen LogP contribution is 2.27. The molecule has 1 saturated heterocycles. The first-order chi connectivity index (χ1) is 12.9. The number of likely N-dealkylation sites (N-methyl/N-ethyl adjacent to an activating group) is 1. The number of piperidine rings is 1. The van der Waals surface area contributed by atoms with Gasteiger partial charge in [0.15, 0.2) is 5.58 Å². The maximum Gasteiger partial charge on any atom is 0.323 e. The van der Waals surface area contributed by atoms with Gasteiger partial charge in [0, 0.05) is 32.1 Å². The van der Waals surface area contributed by atoms with E-state index in [0.29, 0.717) is 45.0 Å². The summed E-state index contributed by atoms with van der Waals surface area (Å²) in [6.07, 6.45) is 1.32. The number of hydrogen-bond acceptors (Lipinski definition) is 6. The van der Waals surface area contributed by atoms with Gasteiger partial charge in [0.25, 0.3) is 6.01 Å². The summed E-state index contributed by atoms with van der Waals surface area (Å²) in [4.78, 5) is 33.9. The van der Waals surface area contributed by atoms with Crippen molar-refractivity contribution < 1.29 is 19.1 Å². The summed E-state index contributed by atoms with van der Waals surface area (Å²) in [5.41, 5.74) is 1.57. The molecule has 2 heterocycles. The minimum absolute atomic E-state index is 0.0727. The van der Waals surface area contributed by atoms with Crippen LogP contribution >= 0.6 is 0 Å². The number of carbonyl (C=O) groups is 2. The molecule has 0 atom stereocenters. The van der Waals surface area contributed by atoms with Crippen LogP contribution in [0.4, 0.5) is 6.01 Å². The number of carboxylic acid groups (broad SMARTS) is 1. The first-order valence-electron chi connectivity index (χ1n) is 9.20. The van der Waals surface area contributed by atoms with E-state index in [1.807, 2.05) is 48.2 Å². The monoisotopic (exact) mass is 374 g/mol. The van der Waals surface area contributed by atoms with Crippen molar-refractivity contribution in [3.05, 3.63) is 24.3 Å². The number of anilines is 1. The Kier molecular flexibility index (Phi) is 5.95. The second-order valence-corrected chi connectivity index (χ2v) is 7.18. The quantitative estimate of drug-likeness (QED) is 0.786. The number of amides is 1. The lowest BCUT2D eigenvalue weighted by Crippen LogP contribution is -2.46. The zero-order chi connectivity index (χ0) is 19.4. The molecule has 0 radical (unpaired) electrons. The van der Waals surface area contributed by atoms with Gasteiger partial charge >= 0.3 is 5.97 Å². The van der Waals surface area contributed by atoms with Gasteiger partial charge in [-0.25, -0.2) is 0 Å². The predicted octanol–water partition coefficient (Wildman–Crippen LogP) is 1.52. The highest BCUT2D eigenvalue weighted by atomic mass is 16.4. The summed E-state index contributed by atoms with van der Waals surface area (Å²) >= 11 is 0. The Bertz CT molecular complexity index is 763. The number of aliphatic carboxylic acids is 1. The fourth-order valence-corrected chi connectivity index (χ4v) is 3.32. The van der Waals surface area contributed by atoms with Gasteiger partial charge < -0.3 is 24.2 Å². The summed E-state index contributed by atoms with van der Waals surface area (Å²) in [7, 11) is 3.81. The van der Waals surface area contributed by atoms with E-state index in [2.05, 4.69) is 4.98 Å². The van der Waals surface area contributed by atoms with Gasteiger partial charge in [0.1, 0.15) is 12.1 Å². The molecular weight excluding hydrogens is 348 g/mol. The third-order valence-corrected chi connectivity index (χ3v) is 4.85. The van der Waals surface area contributed by atoms with E-state index in [1.165, 1.54) is 4.90 Å². The SMILES string of the molecule is CN(C)CCN(CC(=O)O)C(=O)C1CCN(c2nc3ccccc3o2)CC1. The van der Waals surface area contributed by atoms with E-state index in [9.17, 15) is 9.59 Å². The van der Waals surface area contributed by atoms with Crippen molar-refractivity contribution in [2.75, 3.05) is 51.7 Å². The van der Waals surface area contributed by atoms with Crippen LogP contribution in [0.25, 0.3) is 11.1 Å². The highest BCUT2D eigenvalue weighted by molar-refractivity contribution is 5.83. The molecule has 2 aromatic rings. The Morgan fingerprint density at radius 3 is 2.56 bits per heavy atom. The van der Waals surface area contributed by atoms with E-state index in [0.717, 1.165) is 11.1 Å². The average molecular weight is 374 g/mol. The van der Waals surface area contributed by atoms with Crippen molar-refractivity contribution >= 4 is 29.0 Å². The van der Waals surface area contributed by atoms with Crippen LogP contribution in [0.1, 0.15) is 12.8 Å². The first kappa shape index (κ1) is 19.2. The molecule has 1 aliphatic heterocycles. The number of oxazole rings is 1. The molecular formula is C19H26N4O4. The molecule has 1 aromatic carbocycles. The van der Waals surface area contributed by atoms with Crippen molar-refractivity contribution in [3.63, 3.8) is 0 Å². The van der Waals surface area contributed by atoms with Crippen LogP contribution in [-0.2, 0) is 9.59 Å². The molecule has 3 rings (SSSR count). The van der Waals surface area contributed by atoms with Gasteiger partial charge in [-0.1, -0.05) is 12.1 Å². The second-order valence-electron chi connectivity index (χ2n) is 7.18. The largest absolute Gasteiger partial charge is 0.480 e. The summed E-state index contributed by atoms with van der Waals surface area (Å²) in [6, 6.07) is 8.21. The molecule has 0 bridgehead atoms. The predicted molar refractivity (Wildman–Crippen MR) is 102 cm³/mol. The number of hydrogen-bond donors (Lipinski definition) is 1. The maximum absolute atomic E-state index is 12.8.